The number of carbonyl (C=O) groups excluding carboxylic acids is 1. The molecule has 3 rings (SSSR count). The minimum absolute atomic E-state index is 0.0498. The van der Waals surface area contributed by atoms with Gasteiger partial charge in [-0.15, -0.1) is 0 Å². The first-order valence-electron chi connectivity index (χ1n) is 8.10. The summed E-state index contributed by atoms with van der Waals surface area (Å²) >= 11 is 5.81. The zero-order valence-corrected chi connectivity index (χ0v) is 14.4. The van der Waals surface area contributed by atoms with Crippen molar-refractivity contribution in [3.8, 4) is 0 Å². The molecule has 0 saturated carbocycles. The average molecular weight is 349 g/mol. The molecule has 2 aromatic rings. The van der Waals surface area contributed by atoms with Crippen LogP contribution in [0.4, 0.5) is 5.82 Å². The minimum Gasteiger partial charge on any atom is -0.309 e. The second-order valence-electron chi connectivity index (χ2n) is 6.15. The van der Waals surface area contributed by atoms with Crippen LogP contribution in [0.3, 0.4) is 0 Å². The molecule has 0 unspecified atom stereocenters. The molecule has 0 spiro atoms. The summed E-state index contributed by atoms with van der Waals surface area (Å²) in [6, 6.07) is 3.21. The Labute approximate surface area is 146 Å². The smallest absolute Gasteiger partial charge is 0.242 e. The summed E-state index contributed by atoms with van der Waals surface area (Å²) in [7, 11) is 0. The summed E-state index contributed by atoms with van der Waals surface area (Å²) in [5.74, 6) is 0.947. The lowest BCUT2D eigenvalue weighted by atomic mass is 9.96. The van der Waals surface area contributed by atoms with E-state index in [1.165, 1.54) is 6.20 Å². The van der Waals surface area contributed by atoms with Gasteiger partial charge in [0, 0.05) is 19.3 Å². The third-order valence-electron chi connectivity index (χ3n) is 4.37. The van der Waals surface area contributed by atoms with E-state index in [2.05, 4.69) is 25.3 Å². The highest BCUT2D eigenvalue weighted by molar-refractivity contribution is 6.30. The third kappa shape index (κ3) is 4.30. The zero-order valence-electron chi connectivity index (χ0n) is 13.6. The van der Waals surface area contributed by atoms with Crippen molar-refractivity contribution in [2.24, 2.45) is 5.92 Å². The van der Waals surface area contributed by atoms with Crippen LogP contribution in [-0.4, -0.2) is 49.7 Å². The van der Waals surface area contributed by atoms with Gasteiger partial charge in [-0.1, -0.05) is 11.6 Å². The molecule has 1 amide bonds. The molecule has 0 aliphatic carbocycles. The van der Waals surface area contributed by atoms with Gasteiger partial charge in [-0.3, -0.25) is 14.4 Å². The lowest BCUT2D eigenvalue weighted by molar-refractivity contribution is -0.121. The number of piperidine rings is 1. The van der Waals surface area contributed by atoms with Crippen LogP contribution in [0.5, 0.6) is 0 Å². The van der Waals surface area contributed by atoms with E-state index in [1.807, 2.05) is 11.6 Å². The van der Waals surface area contributed by atoms with Crippen LogP contribution < -0.4 is 5.32 Å². The van der Waals surface area contributed by atoms with Crippen molar-refractivity contribution in [3.05, 3.63) is 36.0 Å². The normalized spacial score (nSPS) is 19.8. The van der Waals surface area contributed by atoms with Crippen molar-refractivity contribution in [1.82, 2.24) is 24.6 Å². The summed E-state index contributed by atoms with van der Waals surface area (Å²) < 4.78 is 1.86. The second-order valence-corrected chi connectivity index (χ2v) is 6.58. The molecule has 8 heteroatoms. The van der Waals surface area contributed by atoms with E-state index in [1.54, 1.807) is 24.8 Å². The van der Waals surface area contributed by atoms with Crippen molar-refractivity contribution >= 4 is 23.3 Å². The fraction of sp³-hybridized carbons (Fsp3) is 0.500. The molecule has 1 fully saturated rings. The quantitative estimate of drug-likeness (QED) is 0.895. The highest BCUT2D eigenvalue weighted by Crippen LogP contribution is 2.20. The fourth-order valence-electron chi connectivity index (χ4n) is 3.04. The first-order valence-corrected chi connectivity index (χ1v) is 8.48. The number of aromatic nitrogens is 4. The molecule has 0 radical (unpaired) electrons. The monoisotopic (exact) mass is 348 g/mol. The number of hydrogen-bond acceptors (Lipinski definition) is 5. The van der Waals surface area contributed by atoms with Gasteiger partial charge in [-0.05, 0) is 44.4 Å². The number of likely N-dealkylation sites (tertiary alicyclic amines) is 1. The number of rotatable bonds is 5. The minimum atomic E-state index is -0.207. The van der Waals surface area contributed by atoms with Gasteiger partial charge < -0.3 is 5.32 Å². The van der Waals surface area contributed by atoms with Gasteiger partial charge >= 0.3 is 0 Å². The molecule has 2 atom stereocenters. The van der Waals surface area contributed by atoms with E-state index in [0.29, 0.717) is 16.8 Å². The predicted molar refractivity (Wildman–Crippen MR) is 91.7 cm³/mol. The van der Waals surface area contributed by atoms with Gasteiger partial charge in [0.2, 0.25) is 5.91 Å². The van der Waals surface area contributed by atoms with Crippen molar-refractivity contribution in [3.63, 3.8) is 0 Å². The van der Waals surface area contributed by atoms with Gasteiger partial charge in [0.25, 0.3) is 0 Å². The number of nitrogens with zero attached hydrogens (tertiary/aromatic N) is 5. The fourth-order valence-corrected chi connectivity index (χ4v) is 3.15. The van der Waals surface area contributed by atoms with Crippen LogP contribution in [0.15, 0.2) is 31.0 Å². The average Bonchev–Trinajstić information content (AvgIpc) is 3.09. The molecule has 1 aliphatic heterocycles. The molecule has 0 bridgehead atoms. The molecule has 0 aromatic carbocycles. The topological polar surface area (TPSA) is 75.9 Å². The molecule has 1 aliphatic rings. The number of anilines is 1. The lowest BCUT2D eigenvalue weighted by Gasteiger charge is -2.35. The zero-order chi connectivity index (χ0) is 16.9. The summed E-state index contributed by atoms with van der Waals surface area (Å²) in [6.45, 7) is 4.58. The van der Waals surface area contributed by atoms with E-state index in [-0.39, 0.29) is 11.9 Å². The van der Waals surface area contributed by atoms with Gasteiger partial charge in [0.15, 0.2) is 0 Å². The maximum atomic E-state index is 12.5. The molecule has 1 N–H and O–H groups in total. The van der Waals surface area contributed by atoms with Crippen LogP contribution in [0.2, 0.25) is 5.02 Å². The van der Waals surface area contributed by atoms with Crippen LogP contribution in [0.1, 0.15) is 19.8 Å². The van der Waals surface area contributed by atoms with Crippen molar-refractivity contribution in [1.29, 1.82) is 0 Å². The van der Waals surface area contributed by atoms with Crippen LogP contribution >= 0.6 is 11.6 Å². The first-order chi connectivity index (χ1) is 11.6. The van der Waals surface area contributed by atoms with Gasteiger partial charge in [-0.25, -0.2) is 9.97 Å². The predicted octanol–water partition coefficient (Wildman–Crippen LogP) is 2.07. The Morgan fingerprint density at radius 3 is 3.08 bits per heavy atom. The Morgan fingerprint density at radius 2 is 2.38 bits per heavy atom. The Balaban J connectivity index is 1.56. The first kappa shape index (κ1) is 16.9. The summed E-state index contributed by atoms with van der Waals surface area (Å²) in [5.41, 5.74) is 0. The van der Waals surface area contributed by atoms with E-state index in [4.69, 9.17) is 11.6 Å². The SMILES string of the molecule is C[C@@H](C(=O)Nc1ccc(Cl)cn1)N1CCC[C@@H](Cn2cncn2)C1. The molecule has 7 nitrogen and oxygen atoms in total. The largest absolute Gasteiger partial charge is 0.309 e. The number of amides is 1. The molecule has 1 saturated heterocycles. The maximum absolute atomic E-state index is 12.5. The molecule has 128 valence electrons. The van der Waals surface area contributed by atoms with E-state index >= 15 is 0 Å². The molecule has 2 aromatic heterocycles. The van der Waals surface area contributed by atoms with Crippen molar-refractivity contribution in [2.75, 3.05) is 18.4 Å². The van der Waals surface area contributed by atoms with Crippen molar-refractivity contribution < 1.29 is 4.79 Å². The number of nitrogens with one attached hydrogen (secondary N) is 1. The van der Waals surface area contributed by atoms with E-state index < -0.39 is 0 Å². The number of carbonyl (C=O) groups is 1. The molecule has 24 heavy (non-hydrogen) atoms. The Kier molecular flexibility index (Phi) is 5.42. The standard InChI is InChI=1S/C16H21ClN6O/c1-12(16(24)21-15-5-4-14(17)7-19-15)22-6-2-3-13(8-22)9-23-11-18-10-20-23/h4-5,7,10-13H,2-3,6,8-9H2,1H3,(H,19,21,24)/t12-,13+/m0/s1. The maximum Gasteiger partial charge on any atom is 0.242 e. The molecular formula is C16H21ClN6O. The third-order valence-corrected chi connectivity index (χ3v) is 4.59. The van der Waals surface area contributed by atoms with Crippen LogP contribution in [0, 0.1) is 5.92 Å². The summed E-state index contributed by atoms with van der Waals surface area (Å²) in [5, 5.41) is 7.56. The second kappa shape index (κ2) is 7.72. The summed E-state index contributed by atoms with van der Waals surface area (Å²) in [4.78, 5) is 22.8. The number of halogens is 1. The molecule has 3 heterocycles. The van der Waals surface area contributed by atoms with Crippen LogP contribution in [0.25, 0.3) is 0 Å². The van der Waals surface area contributed by atoms with E-state index in [9.17, 15) is 4.79 Å². The summed E-state index contributed by atoms with van der Waals surface area (Å²) in [6.07, 6.45) is 7.04. The van der Waals surface area contributed by atoms with Gasteiger partial charge in [-0.2, -0.15) is 5.10 Å². The number of hydrogen-bond donors (Lipinski definition) is 1. The Bertz CT molecular complexity index is 660. The van der Waals surface area contributed by atoms with Gasteiger partial charge in [0.1, 0.15) is 18.5 Å². The van der Waals surface area contributed by atoms with Crippen LogP contribution in [-0.2, 0) is 11.3 Å². The van der Waals surface area contributed by atoms with E-state index in [0.717, 1.165) is 32.5 Å². The molecular weight excluding hydrogens is 328 g/mol. The Hall–Kier alpha value is -1.99. The van der Waals surface area contributed by atoms with Gasteiger partial charge in [0.05, 0.1) is 11.1 Å². The highest BCUT2D eigenvalue weighted by atomic mass is 35.5. The lowest BCUT2D eigenvalue weighted by Crippen LogP contribution is -2.47. The number of pyridine rings is 1. The highest BCUT2D eigenvalue weighted by Gasteiger charge is 2.27. The van der Waals surface area contributed by atoms with Crippen molar-refractivity contribution in [2.45, 2.75) is 32.4 Å². The Morgan fingerprint density at radius 1 is 1.50 bits per heavy atom.